The lowest BCUT2D eigenvalue weighted by Gasteiger charge is -2.20. The van der Waals surface area contributed by atoms with Crippen LogP contribution in [0.25, 0.3) is 0 Å². The Bertz CT molecular complexity index is 241. The molecule has 0 amide bonds. The van der Waals surface area contributed by atoms with Gasteiger partial charge in [0.05, 0.1) is 0 Å². The summed E-state index contributed by atoms with van der Waals surface area (Å²) < 4.78 is 0. The zero-order chi connectivity index (χ0) is 12.7. The van der Waals surface area contributed by atoms with Crippen molar-refractivity contribution in [2.24, 2.45) is 4.99 Å². The van der Waals surface area contributed by atoms with E-state index in [1.54, 1.807) is 0 Å². The van der Waals surface area contributed by atoms with Crippen LogP contribution in [0.15, 0.2) is 4.99 Å². The molecule has 1 atom stereocenters. The lowest BCUT2D eigenvalue weighted by Crippen LogP contribution is -2.27. The highest BCUT2D eigenvalue weighted by molar-refractivity contribution is 8.14. The largest absolute Gasteiger partial charge is 0.361 e. The molecule has 17 heavy (non-hydrogen) atoms. The summed E-state index contributed by atoms with van der Waals surface area (Å²) in [6, 6.07) is 1.30. The lowest BCUT2D eigenvalue weighted by molar-refractivity contribution is 0.269. The predicted octanol–water partition coefficient (Wildman–Crippen LogP) is 2.58. The summed E-state index contributed by atoms with van der Waals surface area (Å²) in [6.07, 6.45) is 3.64. The summed E-state index contributed by atoms with van der Waals surface area (Å²) in [6.45, 7) is 8.86. The zero-order valence-corrected chi connectivity index (χ0v) is 12.5. The summed E-state index contributed by atoms with van der Waals surface area (Å²) in [5.41, 5.74) is 0. The minimum Gasteiger partial charge on any atom is -0.361 e. The number of unbranched alkanes of at least 4 members (excludes halogenated alkanes) is 1. The van der Waals surface area contributed by atoms with E-state index in [0.29, 0.717) is 12.1 Å². The van der Waals surface area contributed by atoms with E-state index >= 15 is 0 Å². The molecule has 1 fully saturated rings. The van der Waals surface area contributed by atoms with Crippen molar-refractivity contribution >= 4 is 16.9 Å². The van der Waals surface area contributed by atoms with Crippen molar-refractivity contribution in [1.29, 1.82) is 0 Å². The van der Waals surface area contributed by atoms with Gasteiger partial charge in [0, 0.05) is 24.4 Å². The molecule has 1 saturated heterocycles. The minimum absolute atomic E-state index is 0.644. The molecule has 0 radical (unpaired) electrons. The van der Waals surface area contributed by atoms with E-state index in [1.165, 1.54) is 31.6 Å². The molecule has 1 aliphatic rings. The first-order valence-corrected chi connectivity index (χ1v) is 7.76. The maximum atomic E-state index is 4.61. The van der Waals surface area contributed by atoms with Crippen LogP contribution in [0.2, 0.25) is 0 Å². The van der Waals surface area contributed by atoms with Crippen molar-refractivity contribution in [2.45, 2.75) is 52.1 Å². The molecule has 1 unspecified atom stereocenters. The third-order valence-corrected chi connectivity index (χ3v) is 4.39. The lowest BCUT2D eigenvalue weighted by atomic mass is 10.2. The molecule has 4 heteroatoms. The van der Waals surface area contributed by atoms with Crippen LogP contribution in [0.5, 0.6) is 0 Å². The summed E-state index contributed by atoms with van der Waals surface area (Å²) >= 11 is 1.87. The first-order valence-electron chi connectivity index (χ1n) is 6.77. The Morgan fingerprint density at radius 2 is 2.24 bits per heavy atom. The topological polar surface area (TPSA) is 27.6 Å². The number of hydrogen-bond donors (Lipinski definition) is 1. The second-order valence-corrected chi connectivity index (χ2v) is 6.04. The first-order chi connectivity index (χ1) is 8.13. The van der Waals surface area contributed by atoms with Crippen molar-refractivity contribution in [1.82, 2.24) is 10.2 Å². The molecule has 1 aliphatic heterocycles. The maximum absolute atomic E-state index is 4.61. The van der Waals surface area contributed by atoms with Crippen LogP contribution in [0.1, 0.15) is 40.0 Å². The highest BCUT2D eigenvalue weighted by Crippen LogP contribution is 2.15. The van der Waals surface area contributed by atoms with Gasteiger partial charge in [0.2, 0.25) is 0 Å². The highest BCUT2D eigenvalue weighted by Gasteiger charge is 2.17. The molecule has 1 N–H and O–H groups in total. The van der Waals surface area contributed by atoms with Crippen molar-refractivity contribution in [2.75, 3.05) is 25.9 Å². The van der Waals surface area contributed by atoms with Gasteiger partial charge in [-0.15, -0.1) is 0 Å². The maximum Gasteiger partial charge on any atom is 0.156 e. The summed E-state index contributed by atoms with van der Waals surface area (Å²) in [5.74, 6) is 1.19. The number of aliphatic imine (C=N–C) groups is 1. The number of nitrogens with zero attached hydrogens (tertiary/aromatic N) is 2. The standard InChI is InChI=1S/C13H27N3S/c1-5-12-10-17-13(15-12)14-8-6-7-9-16(4)11(2)3/h11-12H,5-10H2,1-4H3,(H,14,15). The van der Waals surface area contributed by atoms with Crippen LogP contribution in [0.3, 0.4) is 0 Å². The Morgan fingerprint density at radius 3 is 2.82 bits per heavy atom. The minimum atomic E-state index is 0.644. The van der Waals surface area contributed by atoms with Gasteiger partial charge >= 0.3 is 0 Å². The zero-order valence-electron chi connectivity index (χ0n) is 11.7. The fourth-order valence-electron chi connectivity index (χ4n) is 1.66. The van der Waals surface area contributed by atoms with Crippen molar-refractivity contribution in [3.05, 3.63) is 0 Å². The Morgan fingerprint density at radius 1 is 1.47 bits per heavy atom. The summed E-state index contributed by atoms with van der Waals surface area (Å²) in [4.78, 5) is 7.00. The van der Waals surface area contributed by atoms with E-state index in [2.05, 4.69) is 43.0 Å². The van der Waals surface area contributed by atoms with Gasteiger partial charge in [0.25, 0.3) is 0 Å². The number of amidine groups is 1. The van der Waals surface area contributed by atoms with Crippen LogP contribution in [0.4, 0.5) is 0 Å². The smallest absolute Gasteiger partial charge is 0.156 e. The molecular formula is C13H27N3S. The number of hydrogen-bond acceptors (Lipinski definition) is 3. The summed E-state index contributed by atoms with van der Waals surface area (Å²) in [7, 11) is 2.19. The van der Waals surface area contributed by atoms with E-state index in [4.69, 9.17) is 0 Å². The van der Waals surface area contributed by atoms with Gasteiger partial charge in [-0.25, -0.2) is 0 Å². The Hall–Kier alpha value is -0.220. The molecule has 0 aliphatic carbocycles. The number of thioether (sulfide) groups is 1. The SMILES string of the molecule is CCC1CSC(=NCCCCN(C)C(C)C)N1. The van der Waals surface area contributed by atoms with Crippen molar-refractivity contribution in [3.8, 4) is 0 Å². The second-order valence-electron chi connectivity index (χ2n) is 5.03. The average Bonchev–Trinajstić information content (AvgIpc) is 2.76. The Labute approximate surface area is 110 Å². The fourth-order valence-corrected chi connectivity index (χ4v) is 2.77. The second kappa shape index (κ2) is 7.98. The normalized spacial score (nSPS) is 22.7. The Kier molecular flexibility index (Phi) is 6.97. The third-order valence-electron chi connectivity index (χ3n) is 3.30. The fraction of sp³-hybridized carbons (Fsp3) is 0.923. The molecule has 1 heterocycles. The molecule has 0 saturated carbocycles. The molecule has 0 aromatic rings. The predicted molar refractivity (Wildman–Crippen MR) is 79.0 cm³/mol. The first kappa shape index (κ1) is 14.8. The monoisotopic (exact) mass is 257 g/mol. The van der Waals surface area contributed by atoms with Crippen LogP contribution < -0.4 is 5.32 Å². The van der Waals surface area contributed by atoms with Gasteiger partial charge < -0.3 is 10.2 Å². The van der Waals surface area contributed by atoms with Crippen LogP contribution in [0, 0.1) is 0 Å². The van der Waals surface area contributed by atoms with Gasteiger partial charge in [-0.3, -0.25) is 4.99 Å². The molecule has 0 aromatic carbocycles. The van der Waals surface area contributed by atoms with E-state index in [0.717, 1.165) is 11.7 Å². The molecule has 0 aromatic heterocycles. The van der Waals surface area contributed by atoms with E-state index in [9.17, 15) is 0 Å². The molecule has 1 rings (SSSR count). The molecular weight excluding hydrogens is 230 g/mol. The van der Waals surface area contributed by atoms with Gasteiger partial charge in [0.15, 0.2) is 5.17 Å². The van der Waals surface area contributed by atoms with Gasteiger partial charge in [-0.1, -0.05) is 18.7 Å². The number of rotatable bonds is 7. The summed E-state index contributed by atoms with van der Waals surface area (Å²) in [5, 5.41) is 4.62. The van der Waals surface area contributed by atoms with Gasteiger partial charge in [0.1, 0.15) is 0 Å². The van der Waals surface area contributed by atoms with Crippen LogP contribution in [-0.2, 0) is 0 Å². The quantitative estimate of drug-likeness (QED) is 0.710. The molecule has 3 nitrogen and oxygen atoms in total. The molecule has 100 valence electrons. The Balaban J connectivity index is 2.06. The van der Waals surface area contributed by atoms with Crippen molar-refractivity contribution < 1.29 is 0 Å². The van der Waals surface area contributed by atoms with Gasteiger partial charge in [-0.2, -0.15) is 0 Å². The highest BCUT2D eigenvalue weighted by atomic mass is 32.2. The number of nitrogens with one attached hydrogen (secondary N) is 1. The van der Waals surface area contributed by atoms with Crippen LogP contribution in [-0.4, -0.2) is 48.0 Å². The van der Waals surface area contributed by atoms with Crippen LogP contribution >= 0.6 is 11.8 Å². The third kappa shape index (κ3) is 5.77. The average molecular weight is 257 g/mol. The molecule has 0 bridgehead atoms. The van der Waals surface area contributed by atoms with E-state index in [1.807, 2.05) is 11.8 Å². The van der Waals surface area contributed by atoms with Gasteiger partial charge in [-0.05, 0) is 46.7 Å². The molecule has 0 spiro atoms. The van der Waals surface area contributed by atoms with E-state index < -0.39 is 0 Å². The van der Waals surface area contributed by atoms with E-state index in [-0.39, 0.29) is 0 Å². The van der Waals surface area contributed by atoms with Crippen molar-refractivity contribution in [3.63, 3.8) is 0 Å².